The van der Waals surface area contributed by atoms with Crippen LogP contribution in [0.5, 0.6) is 0 Å². The van der Waals surface area contributed by atoms with Gasteiger partial charge in [0.1, 0.15) is 0 Å². The quantitative estimate of drug-likeness (QED) is 0.146. The van der Waals surface area contributed by atoms with E-state index in [0.717, 1.165) is 28.3 Å². The number of hydrogen-bond donors (Lipinski definition) is 0. The summed E-state index contributed by atoms with van der Waals surface area (Å²) in [5.41, 5.74) is 14.0. The lowest BCUT2D eigenvalue weighted by atomic mass is 9.94. The number of fused-ring (bicyclic) bond motifs is 8. The minimum absolute atomic E-state index is 1.09. The van der Waals surface area contributed by atoms with Crippen molar-refractivity contribution in [2.45, 2.75) is 0 Å². The predicted octanol–water partition coefficient (Wildman–Crippen LogP) is 16.7. The number of nitrogens with zero attached hydrogens (tertiary/aromatic N) is 2. The Morgan fingerprint density at radius 2 is 0.758 bits per heavy atom. The molecule has 1 heterocycles. The Morgan fingerprint density at radius 1 is 0.258 bits per heavy atom. The highest BCUT2D eigenvalue weighted by Gasteiger charge is 2.18. The molecule has 0 radical (unpaired) electrons. The maximum Gasteiger partial charge on any atom is 0.0541 e. The van der Waals surface area contributed by atoms with Crippen LogP contribution in [0.25, 0.3) is 93.2 Å². The Hall–Kier alpha value is -8.20. The Kier molecular flexibility index (Phi) is 8.53. The summed E-state index contributed by atoms with van der Waals surface area (Å²) in [6.45, 7) is 0. The summed E-state index contributed by atoms with van der Waals surface area (Å²) >= 11 is 0. The molecule has 0 bridgehead atoms. The second-order valence-electron chi connectivity index (χ2n) is 16.1. The molecule has 0 saturated heterocycles. The molecule has 0 spiro atoms. The number of benzene rings is 11. The van der Waals surface area contributed by atoms with Crippen molar-refractivity contribution in [2.24, 2.45) is 0 Å². The molecule has 1 aromatic heterocycles. The largest absolute Gasteiger partial charge is 0.310 e. The van der Waals surface area contributed by atoms with E-state index in [1.807, 2.05) is 0 Å². The van der Waals surface area contributed by atoms with Gasteiger partial charge in [-0.05, 0) is 121 Å². The molecular weight excluding hydrogens is 749 g/mol. The number of rotatable bonds is 7. The third-order valence-electron chi connectivity index (χ3n) is 12.6. The highest BCUT2D eigenvalue weighted by molar-refractivity contribution is 6.17. The smallest absolute Gasteiger partial charge is 0.0541 e. The maximum atomic E-state index is 2.41. The Balaban J connectivity index is 0.954. The van der Waals surface area contributed by atoms with Gasteiger partial charge in [0.15, 0.2) is 0 Å². The minimum Gasteiger partial charge on any atom is -0.310 e. The van der Waals surface area contributed by atoms with E-state index < -0.39 is 0 Å². The van der Waals surface area contributed by atoms with Gasteiger partial charge in [0, 0.05) is 33.4 Å². The van der Waals surface area contributed by atoms with Crippen LogP contribution in [0.4, 0.5) is 17.1 Å². The maximum absolute atomic E-state index is 2.41. The highest BCUT2D eigenvalue weighted by atomic mass is 15.1. The zero-order chi connectivity index (χ0) is 41.0. The average molecular weight is 789 g/mol. The van der Waals surface area contributed by atoms with Crippen molar-refractivity contribution in [3.05, 3.63) is 243 Å². The SMILES string of the molecule is c1ccc(-c2ccc(N(c3ccc(-c4ccccc4-n4c5ccccc5c5ccccc54)cc3)c3cccc(-c4ccc5c(ccc6c7ccccc7ccc56)c4)c3)cc2)cc1. The van der Waals surface area contributed by atoms with Crippen molar-refractivity contribution < 1.29 is 0 Å². The van der Waals surface area contributed by atoms with Crippen LogP contribution in [0.3, 0.4) is 0 Å². The molecule has 0 amide bonds. The molecule has 290 valence electrons. The van der Waals surface area contributed by atoms with Gasteiger partial charge < -0.3 is 9.47 Å². The monoisotopic (exact) mass is 788 g/mol. The molecular formula is C60H40N2. The van der Waals surface area contributed by atoms with E-state index in [1.54, 1.807) is 0 Å². The van der Waals surface area contributed by atoms with Crippen molar-refractivity contribution in [1.82, 2.24) is 4.57 Å². The molecule has 0 atom stereocenters. The van der Waals surface area contributed by atoms with Crippen LogP contribution >= 0.6 is 0 Å². The van der Waals surface area contributed by atoms with Gasteiger partial charge >= 0.3 is 0 Å². The van der Waals surface area contributed by atoms with Gasteiger partial charge in [-0.3, -0.25) is 0 Å². The summed E-state index contributed by atoms with van der Waals surface area (Å²) < 4.78 is 2.41. The second kappa shape index (κ2) is 14.8. The first-order valence-electron chi connectivity index (χ1n) is 21.3. The first kappa shape index (κ1) is 35.7. The summed E-state index contributed by atoms with van der Waals surface area (Å²) in [6, 6.07) is 88.4. The number of para-hydroxylation sites is 3. The van der Waals surface area contributed by atoms with Gasteiger partial charge in [-0.25, -0.2) is 0 Å². The van der Waals surface area contributed by atoms with Crippen molar-refractivity contribution in [2.75, 3.05) is 4.90 Å². The van der Waals surface area contributed by atoms with Crippen molar-refractivity contribution in [3.63, 3.8) is 0 Å². The fourth-order valence-electron chi connectivity index (χ4n) is 9.60. The topological polar surface area (TPSA) is 8.17 Å². The van der Waals surface area contributed by atoms with Gasteiger partial charge in [-0.15, -0.1) is 0 Å². The van der Waals surface area contributed by atoms with Crippen molar-refractivity contribution in [3.8, 4) is 39.1 Å². The van der Waals surface area contributed by atoms with E-state index in [9.17, 15) is 0 Å². The zero-order valence-electron chi connectivity index (χ0n) is 34.0. The lowest BCUT2D eigenvalue weighted by Gasteiger charge is -2.26. The molecule has 0 aliphatic rings. The van der Waals surface area contributed by atoms with Gasteiger partial charge in [-0.2, -0.15) is 0 Å². The molecule has 0 aliphatic carbocycles. The first-order chi connectivity index (χ1) is 30.7. The first-order valence-corrected chi connectivity index (χ1v) is 21.3. The number of aromatic nitrogens is 1. The number of anilines is 3. The van der Waals surface area contributed by atoms with E-state index >= 15 is 0 Å². The van der Waals surface area contributed by atoms with Gasteiger partial charge in [-0.1, -0.05) is 182 Å². The fraction of sp³-hybridized carbons (Fsp3) is 0. The Labute approximate surface area is 360 Å². The lowest BCUT2D eigenvalue weighted by Crippen LogP contribution is -2.10. The van der Waals surface area contributed by atoms with E-state index in [0.29, 0.717) is 0 Å². The van der Waals surface area contributed by atoms with Gasteiger partial charge in [0.05, 0.1) is 16.7 Å². The highest BCUT2D eigenvalue weighted by Crippen LogP contribution is 2.41. The number of hydrogen-bond acceptors (Lipinski definition) is 1. The zero-order valence-corrected chi connectivity index (χ0v) is 34.0. The summed E-state index contributed by atoms with van der Waals surface area (Å²) in [4.78, 5) is 2.38. The van der Waals surface area contributed by atoms with Crippen molar-refractivity contribution in [1.29, 1.82) is 0 Å². The fourth-order valence-corrected chi connectivity index (χ4v) is 9.60. The summed E-state index contributed by atoms with van der Waals surface area (Å²) in [5, 5.41) is 10.2. The molecule has 11 aromatic carbocycles. The molecule has 0 saturated carbocycles. The van der Waals surface area contributed by atoms with Crippen LogP contribution in [0.15, 0.2) is 243 Å². The van der Waals surface area contributed by atoms with Crippen molar-refractivity contribution >= 4 is 71.2 Å². The Morgan fingerprint density at radius 3 is 1.48 bits per heavy atom. The molecule has 2 heteroatoms. The van der Waals surface area contributed by atoms with Crippen LogP contribution in [-0.2, 0) is 0 Å². The molecule has 0 N–H and O–H groups in total. The minimum atomic E-state index is 1.09. The molecule has 0 aliphatic heterocycles. The molecule has 0 fully saturated rings. The van der Waals surface area contributed by atoms with E-state index in [4.69, 9.17) is 0 Å². The van der Waals surface area contributed by atoms with Crippen LogP contribution in [0.2, 0.25) is 0 Å². The molecule has 12 aromatic rings. The summed E-state index contributed by atoms with van der Waals surface area (Å²) in [5.74, 6) is 0. The van der Waals surface area contributed by atoms with Crippen LogP contribution in [0.1, 0.15) is 0 Å². The second-order valence-corrected chi connectivity index (χ2v) is 16.1. The normalized spacial score (nSPS) is 11.5. The third-order valence-corrected chi connectivity index (χ3v) is 12.6. The molecule has 62 heavy (non-hydrogen) atoms. The molecule has 12 rings (SSSR count). The summed E-state index contributed by atoms with van der Waals surface area (Å²) in [7, 11) is 0. The van der Waals surface area contributed by atoms with E-state index in [2.05, 4.69) is 252 Å². The van der Waals surface area contributed by atoms with Crippen LogP contribution in [0, 0.1) is 0 Å². The Bertz CT molecular complexity index is 3560. The average Bonchev–Trinajstić information content (AvgIpc) is 3.69. The van der Waals surface area contributed by atoms with E-state index in [-0.39, 0.29) is 0 Å². The lowest BCUT2D eigenvalue weighted by molar-refractivity contribution is 1.18. The molecule has 2 nitrogen and oxygen atoms in total. The summed E-state index contributed by atoms with van der Waals surface area (Å²) in [6.07, 6.45) is 0. The van der Waals surface area contributed by atoms with Crippen LogP contribution in [-0.4, -0.2) is 4.57 Å². The van der Waals surface area contributed by atoms with Gasteiger partial charge in [0.2, 0.25) is 0 Å². The van der Waals surface area contributed by atoms with E-state index in [1.165, 1.54) is 81.9 Å². The third kappa shape index (κ3) is 6.04. The predicted molar refractivity (Wildman–Crippen MR) is 264 cm³/mol. The van der Waals surface area contributed by atoms with Gasteiger partial charge in [0.25, 0.3) is 0 Å². The van der Waals surface area contributed by atoms with Crippen LogP contribution < -0.4 is 4.90 Å². The standard InChI is InChI=1S/C60H40N2/c1-2-13-41(14-3-1)42-25-32-48(33-26-42)61(50-17-12-16-45(40-50)46-30-36-52-47(39-46)31-38-54-51-18-5-4-15-43(51)29-37-55(52)54)49-34-27-44(28-35-49)53-19-6-9-22-58(53)62-59-23-10-7-20-56(59)57-21-8-11-24-60(57)62/h1-40H. The molecule has 0 unspecified atom stereocenters.